The maximum atomic E-state index is 13.5. The van der Waals surface area contributed by atoms with Crippen molar-refractivity contribution in [3.8, 4) is 0 Å². The van der Waals surface area contributed by atoms with E-state index in [4.69, 9.17) is 10.5 Å². The molecule has 0 unspecified atom stereocenters. The van der Waals surface area contributed by atoms with Crippen molar-refractivity contribution >= 4 is 11.8 Å². The molecule has 0 bridgehead atoms. The van der Waals surface area contributed by atoms with Gasteiger partial charge in [-0.2, -0.15) is 0 Å². The van der Waals surface area contributed by atoms with Gasteiger partial charge in [-0.05, 0) is 31.1 Å². The maximum absolute atomic E-state index is 13.5. The number of carbonyl (C=O) groups excluding carboxylic acids is 2. The van der Waals surface area contributed by atoms with Crippen LogP contribution in [-0.4, -0.2) is 74.7 Å². The second-order valence-corrected chi connectivity index (χ2v) is 9.82. The van der Waals surface area contributed by atoms with Crippen LogP contribution in [0.15, 0.2) is 6.20 Å². The molecule has 31 heavy (non-hydrogen) atoms. The summed E-state index contributed by atoms with van der Waals surface area (Å²) in [4.78, 5) is 27.2. The van der Waals surface area contributed by atoms with E-state index in [9.17, 15) is 14.7 Å². The minimum Gasteiger partial charge on any atom is -0.391 e. The van der Waals surface area contributed by atoms with Crippen LogP contribution in [0, 0.1) is 5.41 Å². The number of likely N-dealkylation sites (tertiary alicyclic amines) is 1. The second-order valence-electron chi connectivity index (χ2n) is 9.82. The highest BCUT2D eigenvalue weighted by Gasteiger charge is 2.45. The summed E-state index contributed by atoms with van der Waals surface area (Å²) >= 11 is 0. The second kappa shape index (κ2) is 9.62. The smallest absolute Gasteiger partial charge is 0.248 e. The Kier molecular flexibility index (Phi) is 7.33. The first kappa shape index (κ1) is 23.6. The van der Waals surface area contributed by atoms with Gasteiger partial charge in [0, 0.05) is 26.1 Å². The number of likely N-dealkylation sites (N-methyl/N-ethyl adjacent to an activating group) is 1. The highest BCUT2D eigenvalue weighted by molar-refractivity contribution is 5.90. The monoisotopic (exact) mass is 436 g/mol. The number of nitrogens with zero attached hydrogens (tertiary/aromatic N) is 4. The first-order chi connectivity index (χ1) is 14.6. The molecule has 1 aromatic rings. The number of nitrogens with two attached hydrogens (primary N) is 1. The third-order valence-corrected chi connectivity index (χ3v) is 6.17. The van der Waals surface area contributed by atoms with Gasteiger partial charge in [-0.25, -0.2) is 4.68 Å². The number of hydrogen-bond acceptors (Lipinski definition) is 7. The zero-order valence-corrected chi connectivity index (χ0v) is 19.0. The molecule has 1 aliphatic carbocycles. The molecule has 0 spiro atoms. The van der Waals surface area contributed by atoms with Crippen molar-refractivity contribution in [1.29, 1.82) is 0 Å². The summed E-state index contributed by atoms with van der Waals surface area (Å²) < 4.78 is 7.54. The van der Waals surface area contributed by atoms with Crippen LogP contribution in [0.3, 0.4) is 0 Å². The van der Waals surface area contributed by atoms with Crippen LogP contribution < -0.4 is 11.1 Å². The first-order valence-electron chi connectivity index (χ1n) is 11.1. The summed E-state index contributed by atoms with van der Waals surface area (Å²) in [6, 6.07) is -1.10. The SMILES string of the molecule is CNC(=O)[C@@H]1C[C@@H](O)CN1C(=O)[C@@H](n1cc(COC2CCC(N)CC2)nn1)C(C)(C)C. The minimum absolute atomic E-state index is 0.123. The fourth-order valence-corrected chi connectivity index (χ4v) is 4.47. The number of rotatable bonds is 6. The molecule has 2 aliphatic rings. The van der Waals surface area contributed by atoms with Crippen molar-refractivity contribution < 1.29 is 19.4 Å². The summed E-state index contributed by atoms with van der Waals surface area (Å²) in [6.45, 7) is 6.28. The molecule has 2 fully saturated rings. The van der Waals surface area contributed by atoms with Gasteiger partial charge in [-0.15, -0.1) is 5.10 Å². The summed E-state index contributed by atoms with van der Waals surface area (Å²) in [5.41, 5.74) is 6.12. The number of aliphatic hydroxyl groups is 1. The number of ether oxygens (including phenoxy) is 1. The third-order valence-electron chi connectivity index (χ3n) is 6.17. The number of β-amino-alcohol motifs (C(OH)–C–C–N with tert-alkyl or cyclic N) is 1. The molecule has 2 amide bonds. The molecule has 174 valence electrons. The molecular weight excluding hydrogens is 400 g/mol. The predicted molar refractivity (Wildman–Crippen MR) is 114 cm³/mol. The van der Waals surface area contributed by atoms with Gasteiger partial charge in [0.05, 0.1) is 25.0 Å². The lowest BCUT2D eigenvalue weighted by Crippen LogP contribution is -2.49. The summed E-state index contributed by atoms with van der Waals surface area (Å²) in [6.07, 6.45) is 5.22. The van der Waals surface area contributed by atoms with Crippen LogP contribution >= 0.6 is 0 Å². The Morgan fingerprint density at radius 2 is 2.00 bits per heavy atom. The summed E-state index contributed by atoms with van der Waals surface area (Å²) in [7, 11) is 1.53. The van der Waals surface area contributed by atoms with Gasteiger partial charge < -0.3 is 25.8 Å². The van der Waals surface area contributed by atoms with Gasteiger partial charge in [0.2, 0.25) is 11.8 Å². The van der Waals surface area contributed by atoms with Crippen LogP contribution in [0.2, 0.25) is 0 Å². The minimum atomic E-state index is -0.727. The van der Waals surface area contributed by atoms with E-state index >= 15 is 0 Å². The van der Waals surface area contributed by atoms with E-state index in [1.54, 1.807) is 10.9 Å². The highest BCUT2D eigenvalue weighted by Crippen LogP contribution is 2.34. The number of hydrogen-bond donors (Lipinski definition) is 3. The zero-order valence-electron chi connectivity index (χ0n) is 19.0. The van der Waals surface area contributed by atoms with Gasteiger partial charge in [0.25, 0.3) is 0 Å². The molecule has 0 aromatic carbocycles. The van der Waals surface area contributed by atoms with E-state index in [2.05, 4.69) is 15.6 Å². The Labute approximate surface area is 183 Å². The van der Waals surface area contributed by atoms with Crippen molar-refractivity contribution in [1.82, 2.24) is 25.2 Å². The molecular formula is C21H36N6O4. The highest BCUT2D eigenvalue weighted by atomic mass is 16.5. The molecule has 10 nitrogen and oxygen atoms in total. The number of aliphatic hydroxyl groups excluding tert-OH is 1. The van der Waals surface area contributed by atoms with Crippen molar-refractivity contribution in [3.63, 3.8) is 0 Å². The molecule has 1 aromatic heterocycles. The van der Waals surface area contributed by atoms with E-state index < -0.39 is 23.6 Å². The average molecular weight is 437 g/mol. The number of carbonyl (C=O) groups is 2. The van der Waals surface area contributed by atoms with Crippen molar-refractivity contribution in [2.45, 2.75) is 89.8 Å². The molecule has 3 atom stereocenters. The first-order valence-corrected chi connectivity index (χ1v) is 11.1. The largest absolute Gasteiger partial charge is 0.391 e. The molecule has 2 heterocycles. The Morgan fingerprint density at radius 3 is 2.61 bits per heavy atom. The predicted octanol–water partition coefficient (Wildman–Crippen LogP) is 0.360. The number of aromatic nitrogens is 3. The lowest BCUT2D eigenvalue weighted by molar-refractivity contribution is -0.144. The molecule has 10 heteroatoms. The molecule has 1 aliphatic heterocycles. The number of nitrogens with one attached hydrogen (secondary N) is 1. The van der Waals surface area contributed by atoms with Gasteiger partial charge in [-0.3, -0.25) is 9.59 Å². The van der Waals surface area contributed by atoms with Gasteiger partial charge in [0.15, 0.2) is 0 Å². The van der Waals surface area contributed by atoms with Crippen LogP contribution in [0.4, 0.5) is 0 Å². The number of amides is 2. The van der Waals surface area contributed by atoms with E-state index in [0.717, 1.165) is 25.7 Å². The van der Waals surface area contributed by atoms with Crippen molar-refractivity contribution in [2.75, 3.05) is 13.6 Å². The average Bonchev–Trinajstić information content (AvgIpc) is 3.32. The molecule has 3 rings (SSSR count). The van der Waals surface area contributed by atoms with Crippen LogP contribution in [0.5, 0.6) is 0 Å². The Balaban J connectivity index is 1.73. The molecule has 0 radical (unpaired) electrons. The normalized spacial score (nSPS) is 27.9. The fourth-order valence-electron chi connectivity index (χ4n) is 4.47. The lowest BCUT2D eigenvalue weighted by atomic mass is 9.85. The van der Waals surface area contributed by atoms with Crippen LogP contribution in [0.1, 0.15) is 64.6 Å². The Morgan fingerprint density at radius 1 is 1.32 bits per heavy atom. The molecule has 1 saturated carbocycles. The maximum Gasteiger partial charge on any atom is 0.248 e. The third kappa shape index (κ3) is 5.61. The fraction of sp³-hybridized carbons (Fsp3) is 0.810. The van der Waals surface area contributed by atoms with E-state index in [0.29, 0.717) is 12.3 Å². The van der Waals surface area contributed by atoms with Gasteiger partial charge in [-0.1, -0.05) is 26.0 Å². The zero-order chi connectivity index (χ0) is 22.8. The lowest BCUT2D eigenvalue weighted by Gasteiger charge is -2.34. The summed E-state index contributed by atoms with van der Waals surface area (Å²) in [5.74, 6) is -0.534. The van der Waals surface area contributed by atoms with Crippen molar-refractivity contribution in [3.05, 3.63) is 11.9 Å². The van der Waals surface area contributed by atoms with E-state index in [1.165, 1.54) is 11.9 Å². The van der Waals surface area contributed by atoms with E-state index in [-0.39, 0.29) is 36.9 Å². The Bertz CT molecular complexity index is 768. The molecule has 1 saturated heterocycles. The van der Waals surface area contributed by atoms with E-state index in [1.807, 2.05) is 20.8 Å². The van der Waals surface area contributed by atoms with Gasteiger partial charge >= 0.3 is 0 Å². The summed E-state index contributed by atoms with van der Waals surface area (Å²) in [5, 5.41) is 21.1. The van der Waals surface area contributed by atoms with Gasteiger partial charge in [0.1, 0.15) is 17.8 Å². The van der Waals surface area contributed by atoms with Crippen LogP contribution in [0.25, 0.3) is 0 Å². The molecule has 4 N–H and O–H groups in total. The van der Waals surface area contributed by atoms with Crippen LogP contribution in [-0.2, 0) is 20.9 Å². The Hall–Kier alpha value is -2.04. The quantitative estimate of drug-likeness (QED) is 0.586. The standard InChI is InChI=1S/C21H36N6O4/c1-21(2,3)18(20(30)26-11-15(28)9-17(26)19(29)23-4)27-10-14(24-25-27)12-31-16-7-5-13(22)6-8-16/h10,13,15-18,28H,5-9,11-12,22H2,1-4H3,(H,23,29)/t13?,15-,16?,17+,18-/m1/s1. The van der Waals surface area contributed by atoms with Crippen molar-refractivity contribution in [2.24, 2.45) is 11.1 Å². The topological polar surface area (TPSA) is 136 Å².